The van der Waals surface area contributed by atoms with E-state index in [0.29, 0.717) is 11.5 Å². The number of rotatable bonds is 4. The van der Waals surface area contributed by atoms with E-state index in [4.69, 9.17) is 0 Å². The molecule has 27 heavy (non-hydrogen) atoms. The number of nitrogens with one attached hydrogen (secondary N) is 2. The number of hydrogen-bond donors (Lipinski definition) is 2. The van der Waals surface area contributed by atoms with Crippen LogP contribution in [0.2, 0.25) is 0 Å². The predicted octanol–water partition coefficient (Wildman–Crippen LogP) is 2.61. The van der Waals surface area contributed by atoms with Crippen LogP contribution in [0.15, 0.2) is 42.5 Å². The molecule has 0 radical (unpaired) electrons. The zero-order valence-corrected chi connectivity index (χ0v) is 15.4. The molecule has 3 rings (SSSR count). The van der Waals surface area contributed by atoms with E-state index in [-0.39, 0.29) is 6.54 Å². The number of anilines is 1. The highest BCUT2D eigenvalue weighted by Crippen LogP contribution is 2.17. The van der Waals surface area contributed by atoms with Crippen molar-refractivity contribution >= 4 is 17.6 Å². The second kappa shape index (κ2) is 7.77. The van der Waals surface area contributed by atoms with E-state index in [9.17, 15) is 9.59 Å². The summed E-state index contributed by atoms with van der Waals surface area (Å²) in [6.07, 6.45) is 0. The number of aryl methyl sites for hydroxylation is 3. The summed E-state index contributed by atoms with van der Waals surface area (Å²) in [5.41, 5.74) is 4.64. The van der Waals surface area contributed by atoms with Crippen LogP contribution < -0.4 is 10.6 Å². The molecule has 3 amide bonds. The summed E-state index contributed by atoms with van der Waals surface area (Å²) in [5, 5.41) is 16.9. The van der Waals surface area contributed by atoms with Crippen LogP contribution in [-0.4, -0.2) is 32.1 Å². The Bertz CT molecular complexity index is 995. The van der Waals surface area contributed by atoms with Gasteiger partial charge in [-0.15, -0.1) is 10.2 Å². The van der Waals surface area contributed by atoms with Gasteiger partial charge in [0.2, 0.25) is 5.82 Å². The van der Waals surface area contributed by atoms with Crippen LogP contribution >= 0.6 is 0 Å². The van der Waals surface area contributed by atoms with Crippen LogP contribution in [-0.2, 0) is 11.3 Å². The predicted molar refractivity (Wildman–Crippen MR) is 101 cm³/mol. The van der Waals surface area contributed by atoms with Crippen molar-refractivity contribution < 1.29 is 9.59 Å². The molecule has 0 saturated carbocycles. The molecular formula is C19H20N6O2. The van der Waals surface area contributed by atoms with Gasteiger partial charge in [-0.25, -0.2) is 4.79 Å². The first-order chi connectivity index (χ1) is 12.9. The lowest BCUT2D eigenvalue weighted by atomic mass is 10.1. The quantitative estimate of drug-likeness (QED) is 0.741. The minimum Gasteiger partial charge on any atom is -0.308 e. The Morgan fingerprint density at radius 3 is 2.52 bits per heavy atom. The maximum atomic E-state index is 12.0. The smallest absolute Gasteiger partial charge is 0.308 e. The summed E-state index contributed by atoms with van der Waals surface area (Å²) in [4.78, 5) is 25.2. The zero-order valence-electron chi connectivity index (χ0n) is 15.4. The van der Waals surface area contributed by atoms with E-state index in [0.717, 1.165) is 27.1 Å². The molecule has 0 aliphatic rings. The van der Waals surface area contributed by atoms with Gasteiger partial charge >= 0.3 is 6.03 Å². The van der Waals surface area contributed by atoms with Gasteiger partial charge in [-0.05, 0) is 54.8 Å². The summed E-state index contributed by atoms with van der Waals surface area (Å²) < 4.78 is 0. The van der Waals surface area contributed by atoms with Crippen molar-refractivity contribution in [1.82, 2.24) is 25.5 Å². The summed E-state index contributed by atoms with van der Waals surface area (Å²) in [6.45, 7) is 5.67. The number of hydrogen-bond acceptors (Lipinski definition) is 5. The third kappa shape index (κ3) is 4.55. The molecule has 0 fully saturated rings. The molecule has 8 nitrogen and oxygen atoms in total. The molecule has 3 aromatic rings. The number of amides is 3. The number of urea groups is 1. The summed E-state index contributed by atoms with van der Waals surface area (Å²) in [7, 11) is 0. The van der Waals surface area contributed by atoms with Crippen molar-refractivity contribution in [1.29, 1.82) is 0 Å². The van der Waals surface area contributed by atoms with E-state index < -0.39 is 11.9 Å². The summed E-state index contributed by atoms with van der Waals surface area (Å²) in [6, 6.07) is 12.5. The molecule has 8 heteroatoms. The van der Waals surface area contributed by atoms with E-state index in [1.807, 2.05) is 57.2 Å². The van der Waals surface area contributed by atoms with Gasteiger partial charge in [0.15, 0.2) is 0 Å². The lowest BCUT2D eigenvalue weighted by molar-refractivity contribution is -0.120. The van der Waals surface area contributed by atoms with Crippen LogP contribution in [0.1, 0.15) is 16.7 Å². The van der Waals surface area contributed by atoms with Crippen molar-refractivity contribution in [2.75, 3.05) is 5.32 Å². The van der Waals surface area contributed by atoms with Gasteiger partial charge in [-0.3, -0.25) is 10.1 Å². The lowest BCUT2D eigenvalue weighted by Gasteiger charge is -2.08. The molecule has 2 N–H and O–H groups in total. The number of aromatic nitrogens is 4. The Morgan fingerprint density at radius 2 is 1.78 bits per heavy atom. The van der Waals surface area contributed by atoms with Crippen LogP contribution in [0.3, 0.4) is 0 Å². The Morgan fingerprint density at radius 1 is 1.00 bits per heavy atom. The number of imide groups is 1. The highest BCUT2D eigenvalue weighted by atomic mass is 16.2. The largest absolute Gasteiger partial charge is 0.325 e. The SMILES string of the molecule is Cc1ccc(NC(=O)NC(=O)Cn2nnc(-c3ccccc3C)n2)cc1C. The minimum atomic E-state index is -0.609. The second-order valence-electron chi connectivity index (χ2n) is 6.26. The summed E-state index contributed by atoms with van der Waals surface area (Å²) >= 11 is 0. The molecule has 1 heterocycles. The molecule has 2 aromatic carbocycles. The maximum absolute atomic E-state index is 12.0. The Hall–Kier alpha value is -3.55. The molecular weight excluding hydrogens is 344 g/mol. The van der Waals surface area contributed by atoms with Crippen molar-refractivity contribution in [3.63, 3.8) is 0 Å². The number of tetrazole rings is 1. The fourth-order valence-electron chi connectivity index (χ4n) is 2.52. The molecule has 0 aliphatic carbocycles. The molecule has 0 saturated heterocycles. The van der Waals surface area contributed by atoms with Gasteiger partial charge in [-0.1, -0.05) is 30.3 Å². The van der Waals surface area contributed by atoms with Gasteiger partial charge in [-0.2, -0.15) is 4.80 Å². The second-order valence-corrected chi connectivity index (χ2v) is 6.26. The van der Waals surface area contributed by atoms with Gasteiger partial charge < -0.3 is 5.32 Å². The highest BCUT2D eigenvalue weighted by Gasteiger charge is 2.13. The Balaban J connectivity index is 1.58. The van der Waals surface area contributed by atoms with E-state index in [1.165, 1.54) is 0 Å². The highest BCUT2D eigenvalue weighted by molar-refractivity contribution is 6.01. The van der Waals surface area contributed by atoms with Crippen LogP contribution in [0.4, 0.5) is 10.5 Å². The topological polar surface area (TPSA) is 102 Å². The number of carbonyl (C=O) groups excluding carboxylic acids is 2. The molecule has 138 valence electrons. The number of nitrogens with zero attached hydrogens (tertiary/aromatic N) is 4. The fraction of sp³-hybridized carbons (Fsp3) is 0.211. The van der Waals surface area contributed by atoms with Crippen LogP contribution in [0.5, 0.6) is 0 Å². The standard InChI is InChI=1S/C19H20N6O2/c1-12-8-9-15(10-14(12)3)20-19(27)21-17(26)11-25-23-18(22-24-25)16-7-5-4-6-13(16)2/h4-10H,11H2,1-3H3,(H2,20,21,26,27). The zero-order chi connectivity index (χ0) is 19.4. The van der Waals surface area contributed by atoms with Crippen molar-refractivity contribution in [2.45, 2.75) is 27.3 Å². The van der Waals surface area contributed by atoms with Gasteiger partial charge in [0.25, 0.3) is 5.91 Å². The average molecular weight is 364 g/mol. The normalized spacial score (nSPS) is 10.5. The lowest BCUT2D eigenvalue weighted by Crippen LogP contribution is -2.37. The van der Waals surface area contributed by atoms with Gasteiger partial charge in [0, 0.05) is 11.3 Å². The average Bonchev–Trinajstić information content (AvgIpc) is 3.06. The molecule has 0 atom stereocenters. The molecule has 0 aliphatic heterocycles. The van der Waals surface area contributed by atoms with E-state index >= 15 is 0 Å². The Labute approximate surface area is 156 Å². The third-order valence-corrected chi connectivity index (χ3v) is 4.14. The number of carbonyl (C=O) groups is 2. The molecule has 0 spiro atoms. The van der Waals surface area contributed by atoms with E-state index in [2.05, 4.69) is 26.0 Å². The van der Waals surface area contributed by atoms with Gasteiger partial charge in [0.05, 0.1) is 0 Å². The van der Waals surface area contributed by atoms with Crippen LogP contribution in [0, 0.1) is 20.8 Å². The minimum absolute atomic E-state index is 0.209. The van der Waals surface area contributed by atoms with Crippen molar-refractivity contribution in [2.24, 2.45) is 0 Å². The molecule has 1 aromatic heterocycles. The van der Waals surface area contributed by atoms with Crippen LogP contribution in [0.25, 0.3) is 11.4 Å². The monoisotopic (exact) mass is 364 g/mol. The first-order valence-corrected chi connectivity index (χ1v) is 8.44. The first kappa shape index (κ1) is 18.2. The van der Waals surface area contributed by atoms with Gasteiger partial charge in [0.1, 0.15) is 6.54 Å². The first-order valence-electron chi connectivity index (χ1n) is 8.44. The molecule has 0 unspecified atom stereocenters. The summed E-state index contributed by atoms with van der Waals surface area (Å²) in [5.74, 6) is -0.106. The molecule has 0 bridgehead atoms. The third-order valence-electron chi connectivity index (χ3n) is 4.14. The van der Waals surface area contributed by atoms with E-state index in [1.54, 1.807) is 6.07 Å². The van der Waals surface area contributed by atoms with Crippen molar-refractivity contribution in [3.05, 3.63) is 59.2 Å². The fourth-order valence-corrected chi connectivity index (χ4v) is 2.52. The number of benzene rings is 2. The maximum Gasteiger partial charge on any atom is 0.325 e. The Kier molecular flexibility index (Phi) is 5.25. The van der Waals surface area contributed by atoms with Crippen molar-refractivity contribution in [3.8, 4) is 11.4 Å².